The molecule has 1 rings (SSSR count). The van der Waals surface area contributed by atoms with Crippen LogP contribution in [0.1, 0.15) is 25.8 Å². The van der Waals surface area contributed by atoms with Gasteiger partial charge in [0.05, 0.1) is 12.7 Å². The zero-order chi connectivity index (χ0) is 13.3. The molecule has 0 unspecified atom stereocenters. The highest BCUT2D eigenvalue weighted by molar-refractivity contribution is 9.10. The highest BCUT2D eigenvalue weighted by atomic mass is 79.9. The molecule has 1 aromatic carbocycles. The maximum atomic E-state index is 14.1. The van der Waals surface area contributed by atoms with Gasteiger partial charge in [-0.15, -0.1) is 0 Å². The van der Waals surface area contributed by atoms with Crippen LogP contribution in [0.3, 0.4) is 0 Å². The second kappa shape index (κ2) is 4.90. The number of benzene rings is 1. The predicted octanol–water partition coefficient (Wildman–Crippen LogP) is 3.68. The lowest BCUT2D eigenvalue weighted by Crippen LogP contribution is -2.38. The highest BCUT2D eigenvalue weighted by Crippen LogP contribution is 2.41. The standard InChI is InChI=1S/C12H16BrF2NO/c1-11(2,16)7-12(14,15)9-6-8(13)4-5-10(9)17-3/h4-6H,7,16H2,1-3H3. The van der Waals surface area contributed by atoms with Gasteiger partial charge in [-0.25, -0.2) is 8.78 Å². The van der Waals surface area contributed by atoms with Crippen LogP contribution in [0.25, 0.3) is 0 Å². The van der Waals surface area contributed by atoms with Crippen LogP contribution in [0.4, 0.5) is 8.78 Å². The minimum Gasteiger partial charge on any atom is -0.496 e. The summed E-state index contributed by atoms with van der Waals surface area (Å²) in [7, 11) is 1.37. The Kier molecular flexibility index (Phi) is 4.15. The van der Waals surface area contributed by atoms with Crippen molar-refractivity contribution in [3.63, 3.8) is 0 Å². The SMILES string of the molecule is COc1ccc(Br)cc1C(F)(F)CC(C)(C)N. The molecule has 0 aliphatic rings. The lowest BCUT2D eigenvalue weighted by molar-refractivity contribution is -0.0314. The predicted molar refractivity (Wildman–Crippen MR) is 67.5 cm³/mol. The van der Waals surface area contributed by atoms with Gasteiger partial charge in [-0.2, -0.15) is 0 Å². The first-order valence-electron chi connectivity index (χ1n) is 5.16. The number of rotatable bonds is 4. The monoisotopic (exact) mass is 307 g/mol. The Morgan fingerprint density at radius 3 is 2.41 bits per heavy atom. The Balaban J connectivity index is 3.17. The lowest BCUT2D eigenvalue weighted by atomic mass is 9.92. The van der Waals surface area contributed by atoms with Crippen LogP contribution in [0.5, 0.6) is 5.75 Å². The minimum atomic E-state index is -3.02. The first-order chi connectivity index (χ1) is 7.65. The minimum absolute atomic E-state index is 0.145. The third-order valence-electron chi connectivity index (χ3n) is 2.23. The van der Waals surface area contributed by atoms with Gasteiger partial charge in [0.1, 0.15) is 5.75 Å². The van der Waals surface area contributed by atoms with E-state index in [9.17, 15) is 8.78 Å². The molecule has 0 amide bonds. The van der Waals surface area contributed by atoms with Crippen LogP contribution in [0.15, 0.2) is 22.7 Å². The largest absolute Gasteiger partial charge is 0.496 e. The Labute approximate surface area is 108 Å². The van der Waals surface area contributed by atoms with Gasteiger partial charge >= 0.3 is 0 Å². The fourth-order valence-corrected chi connectivity index (χ4v) is 1.99. The van der Waals surface area contributed by atoms with Gasteiger partial charge in [-0.05, 0) is 32.0 Å². The van der Waals surface area contributed by atoms with Crippen molar-refractivity contribution in [3.8, 4) is 5.75 Å². The van der Waals surface area contributed by atoms with Gasteiger partial charge in [0.25, 0.3) is 5.92 Å². The molecule has 0 heterocycles. The van der Waals surface area contributed by atoms with Crippen molar-refractivity contribution in [2.75, 3.05) is 7.11 Å². The quantitative estimate of drug-likeness (QED) is 0.921. The molecule has 0 fully saturated rings. The number of halogens is 3. The summed E-state index contributed by atoms with van der Waals surface area (Å²) in [5.74, 6) is -2.85. The number of hydrogen-bond acceptors (Lipinski definition) is 2. The first-order valence-corrected chi connectivity index (χ1v) is 5.96. The molecule has 0 bridgehead atoms. The summed E-state index contributed by atoms with van der Waals surface area (Å²) in [5, 5.41) is 0. The van der Waals surface area contributed by atoms with Crippen LogP contribution >= 0.6 is 15.9 Å². The average molecular weight is 308 g/mol. The summed E-state index contributed by atoms with van der Waals surface area (Å²) in [5.41, 5.74) is 4.56. The summed E-state index contributed by atoms with van der Waals surface area (Å²) in [6.45, 7) is 3.15. The second-order valence-electron chi connectivity index (χ2n) is 4.71. The van der Waals surface area contributed by atoms with Crippen LogP contribution < -0.4 is 10.5 Å². The summed E-state index contributed by atoms with van der Waals surface area (Å²) in [6.07, 6.45) is -0.438. The third-order valence-corrected chi connectivity index (χ3v) is 2.73. The molecule has 0 saturated carbocycles. The number of ether oxygens (including phenoxy) is 1. The molecule has 2 N–H and O–H groups in total. The van der Waals surface area contributed by atoms with E-state index < -0.39 is 17.9 Å². The van der Waals surface area contributed by atoms with E-state index in [1.54, 1.807) is 19.9 Å². The van der Waals surface area contributed by atoms with Crippen molar-refractivity contribution in [2.45, 2.75) is 31.7 Å². The van der Waals surface area contributed by atoms with E-state index in [0.29, 0.717) is 4.47 Å². The van der Waals surface area contributed by atoms with Gasteiger partial charge < -0.3 is 10.5 Å². The summed E-state index contributed by atoms with van der Waals surface area (Å²) in [6, 6.07) is 4.54. The molecule has 96 valence electrons. The average Bonchev–Trinajstić information content (AvgIpc) is 2.14. The Bertz CT molecular complexity index is 402. The normalized spacial score (nSPS) is 12.6. The summed E-state index contributed by atoms with van der Waals surface area (Å²) >= 11 is 3.18. The molecule has 17 heavy (non-hydrogen) atoms. The fourth-order valence-electron chi connectivity index (χ4n) is 1.63. The Morgan fingerprint density at radius 2 is 1.94 bits per heavy atom. The highest BCUT2D eigenvalue weighted by Gasteiger charge is 2.39. The maximum Gasteiger partial charge on any atom is 0.278 e. The van der Waals surface area contributed by atoms with Crippen molar-refractivity contribution in [1.82, 2.24) is 0 Å². The van der Waals surface area contributed by atoms with Crippen LogP contribution in [-0.2, 0) is 5.92 Å². The molecule has 0 radical (unpaired) electrons. The van der Waals surface area contributed by atoms with Gasteiger partial charge in [-0.3, -0.25) is 0 Å². The zero-order valence-corrected chi connectivity index (χ0v) is 11.6. The molecule has 0 atom stereocenters. The maximum absolute atomic E-state index is 14.1. The molecule has 5 heteroatoms. The lowest BCUT2D eigenvalue weighted by Gasteiger charge is -2.27. The number of alkyl halides is 2. The molecule has 1 aromatic rings. The van der Waals surface area contributed by atoms with Crippen molar-refractivity contribution in [3.05, 3.63) is 28.2 Å². The number of hydrogen-bond donors (Lipinski definition) is 1. The topological polar surface area (TPSA) is 35.2 Å². The molecule has 0 aromatic heterocycles. The van der Waals surface area contributed by atoms with Crippen LogP contribution in [0.2, 0.25) is 0 Å². The fraction of sp³-hybridized carbons (Fsp3) is 0.500. The van der Waals surface area contributed by atoms with E-state index in [4.69, 9.17) is 10.5 Å². The smallest absolute Gasteiger partial charge is 0.278 e. The van der Waals surface area contributed by atoms with Gasteiger partial charge in [0, 0.05) is 16.4 Å². The van der Waals surface area contributed by atoms with E-state index in [-0.39, 0.29) is 11.3 Å². The Hall–Kier alpha value is -0.680. The van der Waals surface area contributed by atoms with Gasteiger partial charge in [0.2, 0.25) is 0 Å². The zero-order valence-electron chi connectivity index (χ0n) is 10.1. The molecular formula is C12H16BrF2NO. The van der Waals surface area contributed by atoms with Crippen molar-refractivity contribution in [1.29, 1.82) is 0 Å². The summed E-state index contributed by atoms with van der Waals surface area (Å²) in [4.78, 5) is 0. The summed E-state index contributed by atoms with van der Waals surface area (Å²) < 4.78 is 33.7. The van der Waals surface area contributed by atoms with Crippen molar-refractivity contribution < 1.29 is 13.5 Å². The van der Waals surface area contributed by atoms with Crippen molar-refractivity contribution in [2.24, 2.45) is 5.73 Å². The van der Waals surface area contributed by atoms with Crippen LogP contribution in [-0.4, -0.2) is 12.6 Å². The first kappa shape index (κ1) is 14.4. The van der Waals surface area contributed by atoms with E-state index in [1.807, 2.05) is 0 Å². The molecule has 0 spiro atoms. The number of nitrogens with two attached hydrogens (primary N) is 1. The second-order valence-corrected chi connectivity index (χ2v) is 5.63. The van der Waals surface area contributed by atoms with Gasteiger partial charge in [-0.1, -0.05) is 15.9 Å². The van der Waals surface area contributed by atoms with Crippen molar-refractivity contribution >= 4 is 15.9 Å². The molecule has 2 nitrogen and oxygen atoms in total. The molecule has 0 aliphatic heterocycles. The molecule has 0 saturated heterocycles. The van der Waals surface area contributed by atoms with E-state index >= 15 is 0 Å². The molecule has 0 aliphatic carbocycles. The van der Waals surface area contributed by atoms with Gasteiger partial charge in [0.15, 0.2) is 0 Å². The van der Waals surface area contributed by atoms with E-state index in [2.05, 4.69) is 15.9 Å². The van der Waals surface area contributed by atoms with E-state index in [0.717, 1.165) is 0 Å². The third kappa shape index (κ3) is 3.92. The van der Waals surface area contributed by atoms with Crippen LogP contribution in [0, 0.1) is 0 Å². The number of methoxy groups -OCH3 is 1. The van der Waals surface area contributed by atoms with E-state index in [1.165, 1.54) is 19.2 Å². The molecular weight excluding hydrogens is 292 g/mol. The Morgan fingerprint density at radius 1 is 1.35 bits per heavy atom.